The Morgan fingerprint density at radius 1 is 1.33 bits per heavy atom. The van der Waals surface area contributed by atoms with E-state index in [0.717, 1.165) is 13.1 Å². The average molecular weight is 353 g/mol. The number of hydrogen-bond donors (Lipinski definition) is 1. The summed E-state index contributed by atoms with van der Waals surface area (Å²) in [5.41, 5.74) is 0. The zero-order chi connectivity index (χ0) is 17.5. The number of ether oxygens (including phenoxy) is 1. The quantitative estimate of drug-likeness (QED) is 0.787. The van der Waals surface area contributed by atoms with Crippen LogP contribution < -0.4 is 5.32 Å². The number of amides is 2. The highest BCUT2D eigenvalue weighted by Crippen LogP contribution is 2.29. The highest BCUT2D eigenvalue weighted by atomic mass is 32.1. The van der Waals surface area contributed by atoms with Crippen LogP contribution in [0.1, 0.15) is 31.7 Å². The molecule has 6 nitrogen and oxygen atoms in total. The minimum absolute atomic E-state index is 0.0577. The van der Waals surface area contributed by atoms with Crippen molar-refractivity contribution in [3.63, 3.8) is 0 Å². The predicted molar refractivity (Wildman–Crippen MR) is 95.0 cm³/mol. The molecule has 1 N–H and O–H groups in total. The summed E-state index contributed by atoms with van der Waals surface area (Å²) < 4.78 is 5.44. The van der Waals surface area contributed by atoms with Gasteiger partial charge in [0.15, 0.2) is 0 Å². The van der Waals surface area contributed by atoms with Crippen molar-refractivity contribution in [2.75, 3.05) is 39.4 Å². The molecular weight excluding hydrogens is 326 g/mol. The Labute approximate surface area is 147 Å². The van der Waals surface area contributed by atoms with Crippen LogP contribution in [0.4, 0.5) is 0 Å². The van der Waals surface area contributed by atoms with E-state index in [0.29, 0.717) is 26.3 Å². The van der Waals surface area contributed by atoms with Gasteiger partial charge in [0, 0.05) is 37.1 Å². The van der Waals surface area contributed by atoms with E-state index < -0.39 is 11.8 Å². The molecule has 0 aliphatic carbocycles. The van der Waals surface area contributed by atoms with Gasteiger partial charge in [0.05, 0.1) is 19.3 Å². The summed E-state index contributed by atoms with van der Waals surface area (Å²) in [4.78, 5) is 29.6. The number of morpholine rings is 1. The van der Waals surface area contributed by atoms with Crippen molar-refractivity contribution in [1.82, 2.24) is 15.1 Å². The lowest BCUT2D eigenvalue weighted by Crippen LogP contribution is -2.51. The molecule has 2 heterocycles. The van der Waals surface area contributed by atoms with E-state index in [1.54, 1.807) is 11.3 Å². The first kappa shape index (κ1) is 18.9. The van der Waals surface area contributed by atoms with E-state index in [4.69, 9.17) is 4.74 Å². The number of nitrogens with zero attached hydrogens (tertiary/aromatic N) is 2. The first-order valence-electron chi connectivity index (χ1n) is 8.53. The van der Waals surface area contributed by atoms with Gasteiger partial charge in [0.2, 0.25) is 0 Å². The number of hydrogen-bond acceptors (Lipinski definition) is 5. The fourth-order valence-corrected chi connectivity index (χ4v) is 4.02. The number of carbonyl (C=O) groups is 2. The fourth-order valence-electron chi connectivity index (χ4n) is 3.06. The normalized spacial score (nSPS) is 18.0. The Balaban J connectivity index is 2.08. The van der Waals surface area contributed by atoms with Gasteiger partial charge in [-0.05, 0) is 32.2 Å². The van der Waals surface area contributed by atoms with E-state index in [1.807, 2.05) is 32.2 Å². The third-order valence-corrected chi connectivity index (χ3v) is 5.29. The largest absolute Gasteiger partial charge is 0.379 e. The van der Waals surface area contributed by atoms with Crippen molar-refractivity contribution < 1.29 is 14.3 Å². The lowest BCUT2D eigenvalue weighted by molar-refractivity contribution is -0.146. The van der Waals surface area contributed by atoms with Crippen molar-refractivity contribution in [2.24, 2.45) is 0 Å². The van der Waals surface area contributed by atoms with Gasteiger partial charge in [-0.1, -0.05) is 6.07 Å². The molecule has 2 unspecified atom stereocenters. The molecule has 0 spiro atoms. The van der Waals surface area contributed by atoms with E-state index in [9.17, 15) is 9.59 Å². The van der Waals surface area contributed by atoms with Gasteiger partial charge in [-0.3, -0.25) is 14.5 Å². The summed E-state index contributed by atoms with van der Waals surface area (Å²) in [6.07, 6.45) is 0. The van der Waals surface area contributed by atoms with Crippen LogP contribution in [0.5, 0.6) is 0 Å². The molecule has 1 aliphatic rings. The van der Waals surface area contributed by atoms with Crippen LogP contribution in [0.3, 0.4) is 0 Å². The summed E-state index contributed by atoms with van der Waals surface area (Å²) in [6, 6.07) is 4.00. The standard InChI is InChI=1S/C17H27N3O3S/c1-4-19(5-2)17(22)16(21)18-13(3)15(14-7-6-12-24-14)20-8-10-23-11-9-20/h6-7,12-13,15H,4-5,8-11H2,1-3H3,(H,18,21). The van der Waals surface area contributed by atoms with Crippen LogP contribution >= 0.6 is 11.3 Å². The van der Waals surface area contributed by atoms with Crippen molar-refractivity contribution in [3.05, 3.63) is 22.4 Å². The second-order valence-corrected chi connectivity index (χ2v) is 6.83. The number of rotatable bonds is 6. The zero-order valence-electron chi connectivity index (χ0n) is 14.7. The highest BCUT2D eigenvalue weighted by molar-refractivity contribution is 7.10. The predicted octanol–water partition coefficient (Wildman–Crippen LogP) is 1.49. The maximum absolute atomic E-state index is 12.3. The second-order valence-electron chi connectivity index (χ2n) is 5.85. The second kappa shape index (κ2) is 9.15. The molecule has 0 aromatic carbocycles. The number of thiophene rings is 1. The molecule has 0 radical (unpaired) electrons. The van der Waals surface area contributed by atoms with Crippen LogP contribution in [-0.4, -0.2) is 67.0 Å². The van der Waals surface area contributed by atoms with Crippen molar-refractivity contribution in [2.45, 2.75) is 32.9 Å². The fraction of sp³-hybridized carbons (Fsp3) is 0.647. The molecular formula is C17H27N3O3S. The molecule has 0 bridgehead atoms. The number of carbonyl (C=O) groups excluding carboxylic acids is 2. The maximum Gasteiger partial charge on any atom is 0.311 e. The van der Waals surface area contributed by atoms with Gasteiger partial charge in [-0.15, -0.1) is 11.3 Å². The van der Waals surface area contributed by atoms with Crippen molar-refractivity contribution in [1.29, 1.82) is 0 Å². The lowest BCUT2D eigenvalue weighted by atomic mass is 10.1. The van der Waals surface area contributed by atoms with E-state index in [-0.39, 0.29) is 12.1 Å². The Morgan fingerprint density at radius 2 is 2.00 bits per heavy atom. The molecule has 1 fully saturated rings. The lowest BCUT2D eigenvalue weighted by Gasteiger charge is -2.37. The summed E-state index contributed by atoms with van der Waals surface area (Å²) in [5, 5.41) is 4.95. The molecule has 2 atom stereocenters. The maximum atomic E-state index is 12.3. The topological polar surface area (TPSA) is 61.9 Å². The minimum Gasteiger partial charge on any atom is -0.379 e. The first-order chi connectivity index (χ1) is 11.6. The van der Waals surface area contributed by atoms with Gasteiger partial charge < -0.3 is 15.0 Å². The van der Waals surface area contributed by atoms with Gasteiger partial charge in [0.25, 0.3) is 0 Å². The van der Waals surface area contributed by atoms with Crippen LogP contribution in [0, 0.1) is 0 Å². The van der Waals surface area contributed by atoms with E-state index in [2.05, 4.69) is 16.3 Å². The SMILES string of the molecule is CCN(CC)C(=O)C(=O)NC(C)C(c1cccs1)N1CCOCC1. The molecule has 1 saturated heterocycles. The minimum atomic E-state index is -0.527. The number of likely N-dealkylation sites (N-methyl/N-ethyl adjacent to an activating group) is 1. The molecule has 0 saturated carbocycles. The first-order valence-corrected chi connectivity index (χ1v) is 9.41. The van der Waals surface area contributed by atoms with Crippen LogP contribution in [0.15, 0.2) is 17.5 Å². The molecule has 1 aromatic heterocycles. The summed E-state index contributed by atoms with van der Waals surface area (Å²) in [7, 11) is 0. The summed E-state index contributed by atoms with van der Waals surface area (Å²) in [6.45, 7) is 9.83. The molecule has 2 amide bonds. The summed E-state index contributed by atoms with van der Waals surface area (Å²) >= 11 is 1.67. The van der Waals surface area contributed by atoms with Gasteiger partial charge >= 0.3 is 11.8 Å². The Kier molecular flexibility index (Phi) is 7.20. The van der Waals surface area contributed by atoms with E-state index in [1.165, 1.54) is 9.78 Å². The Bertz CT molecular complexity index is 525. The third kappa shape index (κ3) is 4.55. The third-order valence-electron chi connectivity index (χ3n) is 4.35. The Hall–Kier alpha value is -1.44. The average Bonchev–Trinajstić information content (AvgIpc) is 3.11. The van der Waals surface area contributed by atoms with Crippen LogP contribution in [0.2, 0.25) is 0 Å². The monoisotopic (exact) mass is 353 g/mol. The van der Waals surface area contributed by atoms with Crippen LogP contribution in [-0.2, 0) is 14.3 Å². The zero-order valence-corrected chi connectivity index (χ0v) is 15.5. The molecule has 7 heteroatoms. The molecule has 134 valence electrons. The van der Waals surface area contributed by atoms with Crippen molar-refractivity contribution >= 4 is 23.2 Å². The molecule has 1 aromatic rings. The van der Waals surface area contributed by atoms with Crippen LogP contribution in [0.25, 0.3) is 0 Å². The molecule has 2 rings (SSSR count). The highest BCUT2D eigenvalue weighted by Gasteiger charge is 2.31. The smallest absolute Gasteiger partial charge is 0.311 e. The summed E-state index contributed by atoms with van der Waals surface area (Å²) in [5.74, 6) is -0.986. The number of nitrogens with one attached hydrogen (secondary N) is 1. The van der Waals surface area contributed by atoms with E-state index >= 15 is 0 Å². The van der Waals surface area contributed by atoms with Gasteiger partial charge in [0.1, 0.15) is 0 Å². The van der Waals surface area contributed by atoms with Crippen molar-refractivity contribution in [3.8, 4) is 0 Å². The Morgan fingerprint density at radius 3 is 2.54 bits per heavy atom. The molecule has 1 aliphatic heterocycles. The van der Waals surface area contributed by atoms with Gasteiger partial charge in [-0.25, -0.2) is 0 Å². The van der Waals surface area contributed by atoms with Gasteiger partial charge in [-0.2, -0.15) is 0 Å². The molecule has 24 heavy (non-hydrogen) atoms.